The van der Waals surface area contributed by atoms with Gasteiger partial charge in [0.2, 0.25) is 5.95 Å². The molecule has 7 heteroatoms. The maximum Gasteiger partial charge on any atom is 0.213 e. The number of hydrogen-bond acceptors (Lipinski definition) is 5. The van der Waals surface area contributed by atoms with Crippen molar-refractivity contribution in [1.82, 2.24) is 24.5 Å². The Kier molecular flexibility index (Phi) is 5.28. The lowest BCUT2D eigenvalue weighted by Crippen LogP contribution is -2.52. The molecule has 1 aliphatic rings. The van der Waals surface area contributed by atoms with Crippen molar-refractivity contribution in [2.45, 2.75) is 39.3 Å². The van der Waals surface area contributed by atoms with E-state index >= 15 is 0 Å². The summed E-state index contributed by atoms with van der Waals surface area (Å²) >= 11 is 6.19. The molecular formula is C24H27ClN6. The molecule has 1 unspecified atom stereocenters. The minimum absolute atomic E-state index is 0.262. The molecular weight excluding hydrogens is 408 g/mol. The zero-order valence-electron chi connectivity index (χ0n) is 18.2. The lowest BCUT2D eigenvalue weighted by Gasteiger charge is -2.40. The Morgan fingerprint density at radius 1 is 1.06 bits per heavy atom. The van der Waals surface area contributed by atoms with Gasteiger partial charge in [0, 0.05) is 48.5 Å². The van der Waals surface area contributed by atoms with E-state index in [0.717, 1.165) is 59.5 Å². The van der Waals surface area contributed by atoms with Gasteiger partial charge in [-0.3, -0.25) is 4.90 Å². The number of aromatic nitrogens is 4. The molecule has 0 N–H and O–H groups in total. The van der Waals surface area contributed by atoms with Crippen LogP contribution in [-0.2, 0) is 6.54 Å². The zero-order chi connectivity index (χ0) is 21.5. The topological polar surface area (TPSA) is 49.6 Å². The van der Waals surface area contributed by atoms with Crippen LogP contribution in [0, 0.1) is 0 Å². The number of nitrogens with zero attached hydrogens (tertiary/aromatic N) is 6. The molecule has 2 aromatic heterocycles. The average molecular weight is 435 g/mol. The van der Waals surface area contributed by atoms with Crippen molar-refractivity contribution in [3.63, 3.8) is 0 Å². The van der Waals surface area contributed by atoms with E-state index in [0.29, 0.717) is 6.04 Å². The van der Waals surface area contributed by atoms with E-state index in [-0.39, 0.29) is 5.92 Å². The molecule has 1 saturated heterocycles. The van der Waals surface area contributed by atoms with Crippen LogP contribution in [-0.4, -0.2) is 50.2 Å². The Labute approximate surface area is 187 Å². The van der Waals surface area contributed by atoms with Crippen LogP contribution in [0.1, 0.15) is 38.1 Å². The van der Waals surface area contributed by atoms with E-state index in [1.165, 1.54) is 5.56 Å². The van der Waals surface area contributed by atoms with Crippen LogP contribution in [0.25, 0.3) is 16.6 Å². The standard InChI is InChI=1S/C24H27ClN6/c1-16(2)22-27-28-23-20-9-4-5-10-21(20)26-24(31(22)23)30-12-11-29(17(3)14-30)15-18-7-6-8-19(25)13-18/h4-10,13,16-17H,11-12,14-15H2,1-3H3. The van der Waals surface area contributed by atoms with Crippen LogP contribution in [0.3, 0.4) is 0 Å². The molecule has 3 heterocycles. The molecule has 6 nitrogen and oxygen atoms in total. The number of benzene rings is 2. The highest BCUT2D eigenvalue weighted by Crippen LogP contribution is 2.28. The van der Waals surface area contributed by atoms with Crippen molar-refractivity contribution < 1.29 is 0 Å². The number of para-hydroxylation sites is 1. The number of fused-ring (bicyclic) bond motifs is 3. The lowest BCUT2D eigenvalue weighted by atomic mass is 10.1. The summed E-state index contributed by atoms with van der Waals surface area (Å²) in [5.74, 6) is 2.16. The largest absolute Gasteiger partial charge is 0.339 e. The van der Waals surface area contributed by atoms with Crippen LogP contribution in [0.15, 0.2) is 48.5 Å². The molecule has 2 aromatic carbocycles. The summed E-state index contributed by atoms with van der Waals surface area (Å²) in [6, 6.07) is 16.7. The fraction of sp³-hybridized carbons (Fsp3) is 0.375. The van der Waals surface area contributed by atoms with Crippen LogP contribution in [0.4, 0.5) is 5.95 Å². The Balaban J connectivity index is 1.49. The summed E-state index contributed by atoms with van der Waals surface area (Å²) in [7, 11) is 0. The normalized spacial score (nSPS) is 17.8. The average Bonchev–Trinajstić information content (AvgIpc) is 3.21. The first-order valence-electron chi connectivity index (χ1n) is 10.9. The highest BCUT2D eigenvalue weighted by atomic mass is 35.5. The second-order valence-electron chi connectivity index (χ2n) is 8.70. The van der Waals surface area contributed by atoms with Crippen molar-refractivity contribution in [2.75, 3.05) is 24.5 Å². The van der Waals surface area contributed by atoms with Gasteiger partial charge in [0.25, 0.3) is 0 Å². The molecule has 31 heavy (non-hydrogen) atoms. The van der Waals surface area contributed by atoms with Gasteiger partial charge in [-0.05, 0) is 36.8 Å². The van der Waals surface area contributed by atoms with Gasteiger partial charge in [-0.1, -0.05) is 49.7 Å². The third-order valence-corrected chi connectivity index (χ3v) is 6.33. The van der Waals surface area contributed by atoms with Crippen molar-refractivity contribution in [3.8, 4) is 0 Å². The fourth-order valence-corrected chi connectivity index (χ4v) is 4.67. The first-order valence-corrected chi connectivity index (χ1v) is 11.3. The first kappa shape index (κ1) is 20.2. The van der Waals surface area contributed by atoms with Crippen molar-refractivity contribution >= 4 is 34.1 Å². The third kappa shape index (κ3) is 3.75. The molecule has 0 amide bonds. The summed E-state index contributed by atoms with van der Waals surface area (Å²) in [6.45, 7) is 10.3. The molecule has 1 aliphatic heterocycles. The molecule has 0 radical (unpaired) electrons. The molecule has 5 rings (SSSR count). The van der Waals surface area contributed by atoms with E-state index in [1.54, 1.807) is 0 Å². The van der Waals surface area contributed by atoms with Crippen LogP contribution < -0.4 is 4.90 Å². The minimum atomic E-state index is 0.262. The molecule has 160 valence electrons. The second-order valence-corrected chi connectivity index (χ2v) is 9.13. The Morgan fingerprint density at radius 2 is 1.90 bits per heavy atom. The van der Waals surface area contributed by atoms with Gasteiger partial charge in [0.05, 0.1) is 5.52 Å². The monoisotopic (exact) mass is 434 g/mol. The van der Waals surface area contributed by atoms with Gasteiger partial charge in [-0.2, -0.15) is 0 Å². The molecule has 0 aliphatic carbocycles. The van der Waals surface area contributed by atoms with E-state index in [9.17, 15) is 0 Å². The number of rotatable bonds is 4. The highest BCUT2D eigenvalue weighted by molar-refractivity contribution is 6.30. The van der Waals surface area contributed by atoms with Gasteiger partial charge in [0.15, 0.2) is 5.65 Å². The third-order valence-electron chi connectivity index (χ3n) is 6.09. The van der Waals surface area contributed by atoms with Crippen molar-refractivity contribution in [2.24, 2.45) is 0 Å². The van der Waals surface area contributed by atoms with Crippen LogP contribution in [0.5, 0.6) is 0 Å². The summed E-state index contributed by atoms with van der Waals surface area (Å²) in [4.78, 5) is 9.96. The molecule has 4 aromatic rings. The van der Waals surface area contributed by atoms with E-state index in [2.05, 4.69) is 69.4 Å². The van der Waals surface area contributed by atoms with Crippen LogP contribution >= 0.6 is 11.6 Å². The lowest BCUT2D eigenvalue weighted by molar-refractivity contribution is 0.180. The molecule has 0 bridgehead atoms. The van der Waals surface area contributed by atoms with Gasteiger partial charge >= 0.3 is 0 Å². The summed E-state index contributed by atoms with van der Waals surface area (Å²) in [5.41, 5.74) is 3.10. The second kappa shape index (κ2) is 8.09. The summed E-state index contributed by atoms with van der Waals surface area (Å²) in [6.07, 6.45) is 0. The number of anilines is 1. The van der Waals surface area contributed by atoms with E-state index in [4.69, 9.17) is 16.6 Å². The Hall–Kier alpha value is -2.70. The predicted octanol–water partition coefficient (Wildman–Crippen LogP) is 4.77. The zero-order valence-corrected chi connectivity index (χ0v) is 18.9. The molecule has 0 spiro atoms. The van der Waals surface area contributed by atoms with Crippen LogP contribution in [0.2, 0.25) is 5.02 Å². The SMILES string of the molecule is CC(C)c1nnc2c3ccccc3nc(N3CCN(Cc4cccc(Cl)c4)C(C)C3)n12. The van der Waals surface area contributed by atoms with Crippen molar-refractivity contribution in [1.29, 1.82) is 0 Å². The highest BCUT2D eigenvalue weighted by Gasteiger charge is 2.28. The van der Waals surface area contributed by atoms with Gasteiger partial charge in [0.1, 0.15) is 5.82 Å². The first-order chi connectivity index (χ1) is 15.0. The van der Waals surface area contributed by atoms with Crippen molar-refractivity contribution in [3.05, 3.63) is 64.9 Å². The van der Waals surface area contributed by atoms with E-state index < -0.39 is 0 Å². The van der Waals surface area contributed by atoms with Gasteiger partial charge in [-0.25, -0.2) is 9.38 Å². The number of halogens is 1. The van der Waals surface area contributed by atoms with Gasteiger partial charge < -0.3 is 4.90 Å². The number of piperazine rings is 1. The predicted molar refractivity (Wildman–Crippen MR) is 126 cm³/mol. The maximum absolute atomic E-state index is 6.19. The summed E-state index contributed by atoms with van der Waals surface area (Å²) < 4.78 is 2.16. The molecule has 0 saturated carbocycles. The minimum Gasteiger partial charge on any atom is -0.339 e. The van der Waals surface area contributed by atoms with E-state index in [1.807, 2.05) is 24.3 Å². The number of hydrogen-bond donors (Lipinski definition) is 0. The fourth-order valence-electron chi connectivity index (χ4n) is 4.45. The smallest absolute Gasteiger partial charge is 0.213 e. The summed E-state index contributed by atoms with van der Waals surface area (Å²) in [5, 5.41) is 10.9. The van der Waals surface area contributed by atoms with Gasteiger partial charge in [-0.15, -0.1) is 10.2 Å². The molecule has 1 fully saturated rings. The maximum atomic E-state index is 6.19. The Morgan fingerprint density at radius 3 is 2.68 bits per heavy atom. The Bertz CT molecular complexity index is 1230. The quantitative estimate of drug-likeness (QED) is 0.463. The molecule has 1 atom stereocenters.